The van der Waals surface area contributed by atoms with Gasteiger partial charge in [0.25, 0.3) is 7.37 Å². The van der Waals surface area contributed by atoms with Crippen molar-refractivity contribution in [2.75, 3.05) is 27.2 Å². The number of hydrogen-bond donors (Lipinski definition) is 0. The Morgan fingerprint density at radius 3 is 1.55 bits per heavy atom. The highest BCUT2D eigenvalue weighted by Gasteiger charge is 2.63. The molecule has 31 heavy (non-hydrogen) atoms. The number of hydrogen-bond acceptors (Lipinski definition) is 4. The fourth-order valence-corrected chi connectivity index (χ4v) is 10.5. The molecule has 2 heterocycles. The fourth-order valence-electron chi connectivity index (χ4n) is 5.96. The molecule has 0 amide bonds. The molecule has 0 bridgehead atoms. The Morgan fingerprint density at radius 2 is 1.16 bits per heavy atom. The first kappa shape index (κ1) is 24.8. The standard InChI is InChI=1S/C26H45N2O2P/c1-23(2)21(16-18-27(9)25(23,5)6)31(29,30-20-14-12-11-13-15-20)22-17-19-28(10)26(7,8)24(22,3)4/h11-15,21-22H,16-19H2,1-10H3. The lowest BCUT2D eigenvalue weighted by molar-refractivity contribution is -0.0235. The molecule has 0 aromatic heterocycles. The third-order valence-corrected chi connectivity index (χ3v) is 14.1. The molecule has 0 aliphatic carbocycles. The molecule has 3 rings (SSSR count). The Bertz CT molecular complexity index is 785. The Kier molecular flexibility index (Phi) is 6.31. The van der Waals surface area contributed by atoms with Gasteiger partial charge < -0.3 is 14.3 Å². The highest BCUT2D eigenvalue weighted by molar-refractivity contribution is 7.61. The largest absolute Gasteiger partial charge is 0.442 e. The molecule has 2 fully saturated rings. The van der Waals surface area contributed by atoms with Gasteiger partial charge in [0.15, 0.2) is 0 Å². The van der Waals surface area contributed by atoms with Crippen LogP contribution in [0.1, 0.15) is 68.2 Å². The molecule has 5 heteroatoms. The van der Waals surface area contributed by atoms with Gasteiger partial charge >= 0.3 is 0 Å². The average molecular weight is 449 g/mol. The molecule has 1 aromatic carbocycles. The van der Waals surface area contributed by atoms with Gasteiger partial charge in [0.05, 0.1) is 11.3 Å². The zero-order valence-corrected chi connectivity index (χ0v) is 22.4. The van der Waals surface area contributed by atoms with E-state index in [4.69, 9.17) is 4.52 Å². The van der Waals surface area contributed by atoms with Crippen LogP contribution in [0.15, 0.2) is 30.3 Å². The molecule has 4 nitrogen and oxygen atoms in total. The predicted molar refractivity (Wildman–Crippen MR) is 132 cm³/mol. The first-order chi connectivity index (χ1) is 14.1. The number of nitrogens with zero attached hydrogens (tertiary/aromatic N) is 2. The van der Waals surface area contributed by atoms with Crippen LogP contribution in [-0.4, -0.2) is 59.4 Å². The van der Waals surface area contributed by atoms with Gasteiger partial charge in [0.2, 0.25) is 0 Å². The maximum atomic E-state index is 15.5. The summed E-state index contributed by atoms with van der Waals surface area (Å²) < 4.78 is 22.2. The number of piperidine rings is 2. The van der Waals surface area contributed by atoms with Gasteiger partial charge in [0, 0.05) is 11.1 Å². The number of para-hydroxylation sites is 1. The second-order valence-electron chi connectivity index (χ2n) is 12.1. The van der Waals surface area contributed by atoms with Crippen molar-refractivity contribution in [3.8, 4) is 5.75 Å². The third-order valence-electron chi connectivity index (χ3n) is 10.1. The van der Waals surface area contributed by atoms with E-state index >= 15 is 4.57 Å². The number of rotatable bonds is 4. The second-order valence-corrected chi connectivity index (χ2v) is 14.8. The summed E-state index contributed by atoms with van der Waals surface area (Å²) in [5.74, 6) is 0.742. The molecule has 2 unspecified atom stereocenters. The normalized spacial score (nSPS) is 32.2. The SMILES string of the molecule is CN1CCC(P(=O)(Oc2ccccc2)C2CCN(C)C(C)(C)C2(C)C)C(C)(C)C1(C)C. The van der Waals surface area contributed by atoms with Gasteiger partial charge in [-0.05, 0) is 90.7 Å². The summed E-state index contributed by atoms with van der Waals surface area (Å²) >= 11 is 0. The van der Waals surface area contributed by atoms with Crippen LogP contribution in [-0.2, 0) is 4.57 Å². The summed E-state index contributed by atoms with van der Waals surface area (Å²) in [5, 5.41) is 0. The van der Waals surface area contributed by atoms with E-state index in [0.29, 0.717) is 0 Å². The van der Waals surface area contributed by atoms with Gasteiger partial charge in [0.1, 0.15) is 5.75 Å². The summed E-state index contributed by atoms with van der Waals surface area (Å²) in [4.78, 5) is 4.86. The van der Waals surface area contributed by atoms with Crippen molar-refractivity contribution in [3.05, 3.63) is 30.3 Å². The Labute approximate surface area is 191 Å². The summed E-state index contributed by atoms with van der Waals surface area (Å²) in [6.07, 6.45) is 1.81. The minimum absolute atomic E-state index is 0.00915. The van der Waals surface area contributed by atoms with E-state index in [1.54, 1.807) is 0 Å². The molecule has 2 aliphatic heterocycles. The Balaban J connectivity index is 2.16. The molecule has 2 saturated heterocycles. The topological polar surface area (TPSA) is 32.8 Å². The minimum Gasteiger partial charge on any atom is -0.442 e. The van der Waals surface area contributed by atoms with Crippen molar-refractivity contribution < 1.29 is 9.09 Å². The van der Waals surface area contributed by atoms with Crippen molar-refractivity contribution in [2.45, 2.75) is 90.6 Å². The maximum Gasteiger partial charge on any atom is 0.255 e. The van der Waals surface area contributed by atoms with E-state index in [2.05, 4.69) is 79.3 Å². The smallest absolute Gasteiger partial charge is 0.255 e. The number of benzene rings is 1. The summed E-state index contributed by atoms with van der Waals surface area (Å²) in [6, 6.07) is 9.88. The zero-order valence-electron chi connectivity index (χ0n) is 21.5. The van der Waals surface area contributed by atoms with E-state index in [-0.39, 0.29) is 33.2 Å². The van der Waals surface area contributed by atoms with E-state index in [1.807, 2.05) is 30.3 Å². The van der Waals surface area contributed by atoms with Crippen molar-refractivity contribution in [2.24, 2.45) is 10.8 Å². The van der Waals surface area contributed by atoms with Crippen LogP contribution in [0.2, 0.25) is 0 Å². The molecule has 176 valence electrons. The fraction of sp³-hybridized carbons (Fsp3) is 0.769. The lowest BCUT2D eigenvalue weighted by atomic mass is 9.67. The summed E-state index contributed by atoms with van der Waals surface area (Å²) in [6.45, 7) is 20.3. The van der Waals surface area contributed by atoms with Crippen LogP contribution in [0.5, 0.6) is 5.75 Å². The van der Waals surface area contributed by atoms with Crippen LogP contribution in [0.3, 0.4) is 0 Å². The van der Waals surface area contributed by atoms with Gasteiger partial charge in [-0.3, -0.25) is 4.57 Å². The molecular formula is C26H45N2O2P. The maximum absolute atomic E-state index is 15.5. The van der Waals surface area contributed by atoms with Crippen molar-refractivity contribution in [1.82, 2.24) is 9.80 Å². The first-order valence-electron chi connectivity index (χ1n) is 11.9. The molecule has 0 N–H and O–H groups in total. The molecule has 0 saturated carbocycles. The lowest BCUT2D eigenvalue weighted by Crippen LogP contribution is -2.65. The van der Waals surface area contributed by atoms with Crippen molar-refractivity contribution in [1.29, 1.82) is 0 Å². The predicted octanol–water partition coefficient (Wildman–Crippen LogP) is 6.36. The summed E-state index contributed by atoms with van der Waals surface area (Å²) in [5.41, 5.74) is -0.445. The van der Waals surface area contributed by atoms with Gasteiger partial charge in [-0.1, -0.05) is 45.9 Å². The molecular weight excluding hydrogens is 403 g/mol. The first-order valence-corrected chi connectivity index (χ1v) is 13.6. The van der Waals surface area contributed by atoms with Crippen LogP contribution in [0, 0.1) is 10.8 Å². The molecule has 1 aromatic rings. The van der Waals surface area contributed by atoms with Gasteiger partial charge in [-0.15, -0.1) is 0 Å². The summed E-state index contributed by atoms with van der Waals surface area (Å²) in [7, 11) is 1.29. The quantitative estimate of drug-likeness (QED) is 0.502. The number of likely N-dealkylation sites (tertiary alicyclic amines) is 2. The molecule has 2 atom stereocenters. The Hall–Kier alpha value is -0.830. The van der Waals surface area contributed by atoms with E-state index in [0.717, 1.165) is 31.7 Å². The molecule has 0 radical (unpaired) electrons. The highest BCUT2D eigenvalue weighted by atomic mass is 31.2. The van der Waals surface area contributed by atoms with Crippen LogP contribution in [0.25, 0.3) is 0 Å². The third kappa shape index (κ3) is 3.71. The molecule has 2 aliphatic rings. The van der Waals surface area contributed by atoms with Gasteiger partial charge in [-0.2, -0.15) is 0 Å². The van der Waals surface area contributed by atoms with E-state index in [1.165, 1.54) is 0 Å². The van der Waals surface area contributed by atoms with Crippen molar-refractivity contribution in [3.63, 3.8) is 0 Å². The lowest BCUT2D eigenvalue weighted by Gasteiger charge is -2.62. The minimum atomic E-state index is -3.10. The highest BCUT2D eigenvalue weighted by Crippen LogP contribution is 2.71. The molecule has 0 spiro atoms. The van der Waals surface area contributed by atoms with E-state index in [9.17, 15) is 0 Å². The van der Waals surface area contributed by atoms with Gasteiger partial charge in [-0.25, -0.2) is 0 Å². The van der Waals surface area contributed by atoms with Crippen molar-refractivity contribution >= 4 is 7.37 Å². The Morgan fingerprint density at radius 1 is 0.774 bits per heavy atom. The second kappa shape index (κ2) is 7.89. The van der Waals surface area contributed by atoms with Crippen LogP contribution in [0.4, 0.5) is 0 Å². The van der Waals surface area contributed by atoms with E-state index < -0.39 is 7.37 Å². The van der Waals surface area contributed by atoms with Crippen LogP contribution < -0.4 is 4.52 Å². The average Bonchev–Trinajstić information content (AvgIpc) is 2.65. The van der Waals surface area contributed by atoms with Crippen LogP contribution >= 0.6 is 7.37 Å². The monoisotopic (exact) mass is 448 g/mol. The zero-order chi connectivity index (χ0) is 23.5.